The van der Waals surface area contributed by atoms with E-state index in [-0.39, 0.29) is 6.04 Å². The quantitative estimate of drug-likeness (QED) is 0.480. The van der Waals surface area contributed by atoms with Crippen LogP contribution in [0.1, 0.15) is 63.6 Å². The van der Waals surface area contributed by atoms with Crippen molar-refractivity contribution in [3.05, 3.63) is 18.0 Å². The fraction of sp³-hybridized carbons (Fsp3) is 0.786. The van der Waals surface area contributed by atoms with Crippen molar-refractivity contribution in [1.82, 2.24) is 15.2 Å². The van der Waals surface area contributed by atoms with Gasteiger partial charge in [0.1, 0.15) is 0 Å². The molecule has 0 bridgehead atoms. The maximum Gasteiger partial charge on any atom is 0.0657 e. The van der Waals surface area contributed by atoms with Gasteiger partial charge in [-0.25, -0.2) is 0 Å². The zero-order valence-corrected chi connectivity index (χ0v) is 11.4. The second-order valence-corrected chi connectivity index (χ2v) is 5.38. The summed E-state index contributed by atoms with van der Waals surface area (Å²) in [6.45, 7) is 3.16. The van der Waals surface area contributed by atoms with Crippen LogP contribution in [0, 0.1) is 5.92 Å². The molecule has 2 rings (SSSR count). The van der Waals surface area contributed by atoms with Gasteiger partial charge in [-0.2, -0.15) is 5.10 Å². The Morgan fingerprint density at radius 1 is 1.39 bits per heavy atom. The van der Waals surface area contributed by atoms with Gasteiger partial charge in [-0.05, 0) is 31.2 Å². The summed E-state index contributed by atoms with van der Waals surface area (Å²) in [4.78, 5) is 0. The lowest BCUT2D eigenvalue weighted by molar-refractivity contribution is 0.311. The molecule has 4 nitrogen and oxygen atoms in total. The van der Waals surface area contributed by atoms with Crippen molar-refractivity contribution in [2.75, 3.05) is 0 Å². The van der Waals surface area contributed by atoms with Crippen LogP contribution in [0.2, 0.25) is 0 Å². The minimum absolute atomic E-state index is 0.261. The summed E-state index contributed by atoms with van der Waals surface area (Å²) >= 11 is 0. The Kier molecular flexibility index (Phi) is 5.20. The molecule has 1 heterocycles. The van der Waals surface area contributed by atoms with Gasteiger partial charge >= 0.3 is 0 Å². The monoisotopic (exact) mass is 250 g/mol. The average Bonchev–Trinajstić information content (AvgIpc) is 2.66. The van der Waals surface area contributed by atoms with E-state index in [0.29, 0.717) is 5.92 Å². The van der Waals surface area contributed by atoms with Gasteiger partial charge in [0, 0.05) is 12.7 Å². The molecule has 3 N–H and O–H groups in total. The highest BCUT2D eigenvalue weighted by molar-refractivity contribution is 5.08. The van der Waals surface area contributed by atoms with Gasteiger partial charge in [0.05, 0.1) is 11.7 Å². The van der Waals surface area contributed by atoms with Crippen molar-refractivity contribution < 1.29 is 0 Å². The molecule has 1 aromatic rings. The number of nitrogens with zero attached hydrogens (tertiary/aromatic N) is 2. The molecular formula is C14H26N4. The molecule has 1 fully saturated rings. The summed E-state index contributed by atoms with van der Waals surface area (Å²) in [5.74, 6) is 6.48. The Labute approximate surface area is 110 Å². The molecule has 1 atom stereocenters. The number of aromatic nitrogens is 2. The Morgan fingerprint density at radius 3 is 2.72 bits per heavy atom. The maximum absolute atomic E-state index is 5.82. The van der Waals surface area contributed by atoms with Gasteiger partial charge in [0.2, 0.25) is 0 Å². The number of nitrogens with one attached hydrogen (secondary N) is 1. The molecular weight excluding hydrogens is 224 g/mol. The lowest BCUT2D eigenvalue weighted by Gasteiger charge is -2.26. The topological polar surface area (TPSA) is 55.9 Å². The zero-order valence-electron chi connectivity index (χ0n) is 11.4. The average molecular weight is 250 g/mol. The molecule has 0 aliphatic heterocycles. The number of rotatable bonds is 5. The van der Waals surface area contributed by atoms with Gasteiger partial charge in [-0.3, -0.25) is 16.0 Å². The number of hydrazine groups is 1. The molecule has 1 saturated carbocycles. The predicted molar refractivity (Wildman–Crippen MR) is 73.8 cm³/mol. The van der Waals surface area contributed by atoms with Crippen molar-refractivity contribution >= 4 is 0 Å². The SMILES string of the molecule is CCCn1nccc1C(NN)C1CCCCCC1. The first-order valence-electron chi connectivity index (χ1n) is 7.34. The summed E-state index contributed by atoms with van der Waals surface area (Å²) in [6.07, 6.45) is 11.0. The van der Waals surface area contributed by atoms with Crippen LogP contribution in [0.4, 0.5) is 0 Å². The van der Waals surface area contributed by atoms with Crippen LogP contribution < -0.4 is 11.3 Å². The van der Waals surface area contributed by atoms with Crippen LogP contribution in [0.25, 0.3) is 0 Å². The third kappa shape index (κ3) is 3.12. The first-order valence-corrected chi connectivity index (χ1v) is 7.34. The fourth-order valence-corrected chi connectivity index (χ4v) is 3.11. The normalized spacial score (nSPS) is 19.7. The van der Waals surface area contributed by atoms with Crippen LogP contribution in [-0.2, 0) is 6.54 Å². The predicted octanol–water partition coefficient (Wildman–Crippen LogP) is 2.77. The van der Waals surface area contributed by atoms with Gasteiger partial charge in [0.15, 0.2) is 0 Å². The summed E-state index contributed by atoms with van der Waals surface area (Å²) in [7, 11) is 0. The summed E-state index contributed by atoms with van der Waals surface area (Å²) in [5, 5.41) is 4.41. The standard InChI is InChI=1S/C14H26N4/c1-2-11-18-13(9-10-16-18)14(17-15)12-7-5-3-4-6-8-12/h9-10,12,14,17H,2-8,11,15H2,1H3. The van der Waals surface area contributed by atoms with Gasteiger partial charge in [-0.1, -0.05) is 32.6 Å². The van der Waals surface area contributed by atoms with Crippen LogP contribution in [0.5, 0.6) is 0 Å². The summed E-state index contributed by atoms with van der Waals surface area (Å²) < 4.78 is 2.11. The Hall–Kier alpha value is -0.870. The van der Waals surface area contributed by atoms with Gasteiger partial charge in [0.25, 0.3) is 0 Å². The van der Waals surface area contributed by atoms with E-state index in [0.717, 1.165) is 13.0 Å². The molecule has 0 radical (unpaired) electrons. The maximum atomic E-state index is 5.82. The van der Waals surface area contributed by atoms with Crippen molar-refractivity contribution in [2.24, 2.45) is 11.8 Å². The first kappa shape index (κ1) is 13.6. The van der Waals surface area contributed by atoms with Crippen LogP contribution in [0.15, 0.2) is 12.3 Å². The smallest absolute Gasteiger partial charge is 0.0657 e. The lowest BCUT2D eigenvalue weighted by atomic mass is 9.90. The van der Waals surface area contributed by atoms with Crippen LogP contribution in [0.3, 0.4) is 0 Å². The third-order valence-electron chi connectivity index (χ3n) is 4.05. The van der Waals surface area contributed by atoms with E-state index in [4.69, 9.17) is 5.84 Å². The Morgan fingerprint density at radius 2 is 2.11 bits per heavy atom. The second kappa shape index (κ2) is 6.90. The van der Waals surface area contributed by atoms with Crippen LogP contribution >= 0.6 is 0 Å². The Balaban J connectivity index is 2.12. The Bertz CT molecular complexity index is 339. The van der Waals surface area contributed by atoms with E-state index in [1.54, 1.807) is 0 Å². The molecule has 1 aliphatic carbocycles. The number of aryl methyl sites for hydroxylation is 1. The highest BCUT2D eigenvalue weighted by atomic mass is 15.3. The molecule has 1 aromatic heterocycles. The van der Waals surface area contributed by atoms with Crippen LogP contribution in [-0.4, -0.2) is 9.78 Å². The van der Waals surface area contributed by atoms with E-state index in [1.165, 1.54) is 44.2 Å². The molecule has 1 unspecified atom stereocenters. The number of hydrogen-bond donors (Lipinski definition) is 2. The fourth-order valence-electron chi connectivity index (χ4n) is 3.11. The highest BCUT2D eigenvalue weighted by Crippen LogP contribution is 2.33. The zero-order chi connectivity index (χ0) is 12.8. The van der Waals surface area contributed by atoms with E-state index < -0.39 is 0 Å². The molecule has 1 aliphatic rings. The molecule has 4 heteroatoms. The lowest BCUT2D eigenvalue weighted by Crippen LogP contribution is -2.35. The number of nitrogens with two attached hydrogens (primary N) is 1. The largest absolute Gasteiger partial charge is 0.271 e. The molecule has 18 heavy (non-hydrogen) atoms. The van der Waals surface area contributed by atoms with E-state index in [1.807, 2.05) is 6.20 Å². The van der Waals surface area contributed by atoms with Gasteiger partial charge < -0.3 is 0 Å². The molecule has 0 spiro atoms. The second-order valence-electron chi connectivity index (χ2n) is 5.38. The summed E-state index contributed by atoms with van der Waals surface area (Å²) in [5.41, 5.74) is 4.30. The first-order chi connectivity index (χ1) is 8.86. The minimum atomic E-state index is 0.261. The summed E-state index contributed by atoms with van der Waals surface area (Å²) in [6, 6.07) is 2.38. The highest BCUT2D eigenvalue weighted by Gasteiger charge is 2.25. The van der Waals surface area contributed by atoms with E-state index >= 15 is 0 Å². The van der Waals surface area contributed by atoms with E-state index in [2.05, 4.69) is 28.2 Å². The molecule has 0 aromatic carbocycles. The minimum Gasteiger partial charge on any atom is -0.271 e. The molecule has 0 saturated heterocycles. The molecule has 102 valence electrons. The van der Waals surface area contributed by atoms with E-state index in [9.17, 15) is 0 Å². The van der Waals surface area contributed by atoms with Crippen molar-refractivity contribution in [2.45, 2.75) is 64.5 Å². The number of hydrogen-bond acceptors (Lipinski definition) is 3. The van der Waals surface area contributed by atoms with Crippen molar-refractivity contribution in [1.29, 1.82) is 0 Å². The van der Waals surface area contributed by atoms with Gasteiger partial charge in [-0.15, -0.1) is 0 Å². The van der Waals surface area contributed by atoms with Crippen molar-refractivity contribution in [3.8, 4) is 0 Å². The third-order valence-corrected chi connectivity index (χ3v) is 4.05. The van der Waals surface area contributed by atoms with Crippen molar-refractivity contribution in [3.63, 3.8) is 0 Å². The molecule has 0 amide bonds.